The molecule has 1 saturated heterocycles. The van der Waals surface area contributed by atoms with Crippen molar-refractivity contribution in [3.8, 4) is 11.5 Å². The molecule has 0 atom stereocenters. The summed E-state index contributed by atoms with van der Waals surface area (Å²) in [7, 11) is 0. The molecule has 1 aliphatic rings. The van der Waals surface area contributed by atoms with E-state index in [1.54, 1.807) is 67.6 Å². The van der Waals surface area contributed by atoms with Gasteiger partial charge in [0.15, 0.2) is 18.1 Å². The molecule has 0 saturated carbocycles. The van der Waals surface area contributed by atoms with Gasteiger partial charge in [-0.3, -0.25) is 19.7 Å². The van der Waals surface area contributed by atoms with Gasteiger partial charge in [0.2, 0.25) is 0 Å². The van der Waals surface area contributed by atoms with Crippen LogP contribution in [0.25, 0.3) is 6.08 Å². The molecular weight excluding hydrogens is 590 g/mol. The van der Waals surface area contributed by atoms with Crippen LogP contribution in [0.15, 0.2) is 70.7 Å². The minimum atomic E-state index is -0.834. The predicted molar refractivity (Wildman–Crippen MR) is 151 cm³/mol. The van der Waals surface area contributed by atoms with Gasteiger partial charge in [0.05, 0.1) is 16.8 Å². The van der Waals surface area contributed by atoms with Crippen LogP contribution < -0.4 is 25.0 Å². The Bertz CT molecular complexity index is 1490. The van der Waals surface area contributed by atoms with E-state index in [1.807, 2.05) is 6.92 Å². The van der Waals surface area contributed by atoms with E-state index in [4.69, 9.17) is 21.1 Å². The fourth-order valence-corrected chi connectivity index (χ4v) is 4.47. The second kappa shape index (κ2) is 12.1. The summed E-state index contributed by atoms with van der Waals surface area (Å²) in [5.74, 6) is -1.46. The van der Waals surface area contributed by atoms with Crippen molar-refractivity contribution in [3.05, 3.63) is 86.9 Å². The van der Waals surface area contributed by atoms with Gasteiger partial charge in [0.25, 0.3) is 17.7 Å². The van der Waals surface area contributed by atoms with E-state index < -0.39 is 23.8 Å². The van der Waals surface area contributed by atoms with Gasteiger partial charge in [-0.2, -0.15) is 0 Å². The molecule has 11 heteroatoms. The summed E-state index contributed by atoms with van der Waals surface area (Å²) in [6.07, 6.45) is 1.35. The van der Waals surface area contributed by atoms with Crippen LogP contribution in [0.3, 0.4) is 0 Å². The summed E-state index contributed by atoms with van der Waals surface area (Å²) in [4.78, 5) is 51.5. The molecule has 0 radical (unpaired) electrons. The van der Waals surface area contributed by atoms with E-state index in [9.17, 15) is 19.2 Å². The fraction of sp³-hybridized carbons (Fsp3) is 0.143. The normalized spacial score (nSPS) is 14.3. The summed E-state index contributed by atoms with van der Waals surface area (Å²) in [5.41, 5.74) is 1.93. The lowest BCUT2D eigenvalue weighted by atomic mass is 10.1. The molecule has 200 valence electrons. The summed E-state index contributed by atoms with van der Waals surface area (Å²) >= 11 is 9.54. The molecule has 0 bridgehead atoms. The number of benzene rings is 3. The molecule has 3 aromatic rings. The maximum Gasteiger partial charge on any atom is 0.335 e. The molecule has 1 heterocycles. The third kappa shape index (κ3) is 6.47. The van der Waals surface area contributed by atoms with Crippen LogP contribution in [0.1, 0.15) is 18.1 Å². The number of nitrogens with zero attached hydrogens (tertiary/aromatic N) is 1. The highest BCUT2D eigenvalue weighted by Crippen LogP contribution is 2.38. The van der Waals surface area contributed by atoms with Crippen molar-refractivity contribution in [2.24, 2.45) is 0 Å². The number of nitrogens with one attached hydrogen (secondary N) is 2. The van der Waals surface area contributed by atoms with Gasteiger partial charge in [0, 0.05) is 10.7 Å². The Balaban J connectivity index is 1.56. The molecule has 0 spiro atoms. The minimum Gasteiger partial charge on any atom is -0.490 e. The molecule has 0 aromatic heterocycles. The SMILES string of the molecule is CCOc1cc(/C=C2/C(=O)NC(=O)N(c3ccccc3)C2=O)cc(Br)c1OCC(=O)Nc1ccc(C)c(Cl)c1. The number of amides is 5. The Morgan fingerprint density at radius 3 is 2.51 bits per heavy atom. The van der Waals surface area contributed by atoms with Crippen LogP contribution in [0.4, 0.5) is 16.2 Å². The topological polar surface area (TPSA) is 114 Å². The molecule has 0 aliphatic carbocycles. The minimum absolute atomic E-state index is 0.238. The Kier molecular flexibility index (Phi) is 8.68. The number of hydrogen-bond donors (Lipinski definition) is 2. The summed E-state index contributed by atoms with van der Waals surface area (Å²) < 4.78 is 11.9. The second-order valence-electron chi connectivity index (χ2n) is 8.36. The van der Waals surface area contributed by atoms with E-state index >= 15 is 0 Å². The highest BCUT2D eigenvalue weighted by Gasteiger charge is 2.36. The first kappa shape index (κ1) is 27.9. The van der Waals surface area contributed by atoms with Crippen LogP contribution in [0.2, 0.25) is 5.02 Å². The highest BCUT2D eigenvalue weighted by atomic mass is 79.9. The van der Waals surface area contributed by atoms with Gasteiger partial charge in [-0.25, -0.2) is 9.69 Å². The Labute approximate surface area is 237 Å². The van der Waals surface area contributed by atoms with Crippen LogP contribution in [0.5, 0.6) is 11.5 Å². The van der Waals surface area contributed by atoms with E-state index in [-0.39, 0.29) is 30.3 Å². The van der Waals surface area contributed by atoms with Crippen molar-refractivity contribution < 1.29 is 28.7 Å². The highest BCUT2D eigenvalue weighted by molar-refractivity contribution is 9.10. The third-order valence-corrected chi connectivity index (χ3v) is 6.56. The first-order valence-corrected chi connectivity index (χ1v) is 13.0. The number of aryl methyl sites for hydroxylation is 1. The van der Waals surface area contributed by atoms with E-state index in [1.165, 1.54) is 6.08 Å². The number of carbonyl (C=O) groups is 4. The number of imide groups is 2. The van der Waals surface area contributed by atoms with E-state index in [2.05, 4.69) is 26.6 Å². The Morgan fingerprint density at radius 1 is 1.08 bits per heavy atom. The van der Waals surface area contributed by atoms with Crippen molar-refractivity contribution in [2.75, 3.05) is 23.4 Å². The molecule has 39 heavy (non-hydrogen) atoms. The number of anilines is 2. The number of carbonyl (C=O) groups excluding carboxylic acids is 4. The molecule has 0 unspecified atom stereocenters. The average Bonchev–Trinajstić information content (AvgIpc) is 2.89. The lowest BCUT2D eigenvalue weighted by molar-refractivity contribution is -0.122. The molecule has 2 N–H and O–H groups in total. The second-order valence-corrected chi connectivity index (χ2v) is 9.62. The molecule has 9 nitrogen and oxygen atoms in total. The molecule has 1 aliphatic heterocycles. The zero-order chi connectivity index (χ0) is 28.1. The van der Waals surface area contributed by atoms with Gasteiger partial charge < -0.3 is 14.8 Å². The fourth-order valence-electron chi connectivity index (χ4n) is 3.72. The van der Waals surface area contributed by atoms with Crippen molar-refractivity contribution >= 4 is 68.7 Å². The van der Waals surface area contributed by atoms with E-state index in [0.29, 0.717) is 26.4 Å². The van der Waals surface area contributed by atoms with Crippen molar-refractivity contribution in [2.45, 2.75) is 13.8 Å². The number of halogens is 2. The molecule has 5 amide bonds. The summed E-state index contributed by atoms with van der Waals surface area (Å²) in [6.45, 7) is 3.60. The van der Waals surface area contributed by atoms with Crippen LogP contribution in [0, 0.1) is 6.92 Å². The lowest BCUT2D eigenvalue weighted by Gasteiger charge is -2.26. The first-order chi connectivity index (χ1) is 18.7. The quantitative estimate of drug-likeness (QED) is 0.257. The maximum atomic E-state index is 13.1. The molecule has 3 aromatic carbocycles. The maximum absolute atomic E-state index is 13.1. The van der Waals surface area contributed by atoms with Gasteiger partial charge in [0.1, 0.15) is 5.57 Å². The third-order valence-electron chi connectivity index (χ3n) is 5.56. The molecule has 1 fully saturated rings. The van der Waals surface area contributed by atoms with Crippen LogP contribution in [-0.2, 0) is 14.4 Å². The number of hydrogen-bond acceptors (Lipinski definition) is 6. The van der Waals surface area contributed by atoms with Gasteiger partial charge in [-0.1, -0.05) is 35.9 Å². The molecular formula is C28H23BrClN3O6. The van der Waals surface area contributed by atoms with Crippen LogP contribution >= 0.6 is 27.5 Å². The van der Waals surface area contributed by atoms with Gasteiger partial charge >= 0.3 is 6.03 Å². The monoisotopic (exact) mass is 611 g/mol. The number of rotatable bonds is 8. The Morgan fingerprint density at radius 2 is 1.82 bits per heavy atom. The average molecular weight is 613 g/mol. The number of para-hydroxylation sites is 1. The smallest absolute Gasteiger partial charge is 0.335 e. The van der Waals surface area contributed by atoms with Gasteiger partial charge in [-0.15, -0.1) is 0 Å². The summed E-state index contributed by atoms with van der Waals surface area (Å²) in [5, 5.41) is 5.44. The number of barbiturate groups is 1. The largest absolute Gasteiger partial charge is 0.490 e. The van der Waals surface area contributed by atoms with Crippen molar-refractivity contribution in [1.82, 2.24) is 5.32 Å². The molecule has 4 rings (SSSR count). The van der Waals surface area contributed by atoms with Gasteiger partial charge in [-0.05, 0) is 83.4 Å². The van der Waals surface area contributed by atoms with Crippen LogP contribution in [-0.4, -0.2) is 37.0 Å². The first-order valence-electron chi connectivity index (χ1n) is 11.8. The Hall–Kier alpha value is -4.15. The van der Waals surface area contributed by atoms with E-state index in [0.717, 1.165) is 10.5 Å². The standard InChI is InChI=1S/C28H23BrClN3O6/c1-3-38-23-13-17(11-20-26(35)32-28(37)33(27(20)36)19-7-5-4-6-8-19)12-21(29)25(23)39-15-24(34)31-18-10-9-16(2)22(30)14-18/h4-14H,3,15H2,1-2H3,(H,31,34)(H,32,35,37)/b20-11-. The van der Waals surface area contributed by atoms with Crippen molar-refractivity contribution in [3.63, 3.8) is 0 Å². The zero-order valence-electron chi connectivity index (χ0n) is 20.9. The number of urea groups is 1. The predicted octanol–water partition coefficient (Wildman–Crippen LogP) is 5.49. The summed E-state index contributed by atoms with van der Waals surface area (Å²) in [6, 6.07) is 15.8. The number of ether oxygens (including phenoxy) is 2. The zero-order valence-corrected chi connectivity index (χ0v) is 23.3. The van der Waals surface area contributed by atoms with Crippen molar-refractivity contribution in [1.29, 1.82) is 0 Å². The lowest BCUT2D eigenvalue weighted by Crippen LogP contribution is -2.54.